The highest BCUT2D eigenvalue weighted by molar-refractivity contribution is 5.66. The van der Waals surface area contributed by atoms with Crippen LogP contribution in [0.1, 0.15) is 16.7 Å². The third kappa shape index (κ3) is 4.09. The first-order valence-corrected chi connectivity index (χ1v) is 9.28. The van der Waals surface area contributed by atoms with Crippen molar-refractivity contribution in [3.8, 4) is 22.3 Å². The van der Waals surface area contributed by atoms with Crippen LogP contribution < -0.4 is 5.73 Å². The molecule has 1 heteroatoms. The standard InChI is InChI=1S/C26H23N/c1-19-2-8-22(9-3-19)23-10-4-20(5-11-23)18-21-6-12-24(13-7-21)25-14-16-26(27)17-15-25/h2-17H,18,27H2,1H3. The van der Waals surface area contributed by atoms with E-state index < -0.39 is 0 Å². The number of anilines is 1. The average molecular weight is 349 g/mol. The van der Waals surface area contributed by atoms with Crippen molar-refractivity contribution in [2.75, 3.05) is 5.73 Å². The van der Waals surface area contributed by atoms with Crippen LogP contribution in [0.4, 0.5) is 5.69 Å². The van der Waals surface area contributed by atoms with Crippen LogP contribution in [0.5, 0.6) is 0 Å². The summed E-state index contributed by atoms with van der Waals surface area (Å²) in [5.41, 5.74) is 15.4. The number of aryl methyl sites for hydroxylation is 1. The predicted octanol–water partition coefficient (Wildman–Crippen LogP) is 6.50. The summed E-state index contributed by atoms with van der Waals surface area (Å²) in [6.07, 6.45) is 0.941. The molecule has 0 aliphatic heterocycles. The molecule has 0 atom stereocenters. The highest BCUT2D eigenvalue weighted by atomic mass is 14.5. The van der Waals surface area contributed by atoms with E-state index in [0.29, 0.717) is 0 Å². The molecule has 0 aliphatic carbocycles. The lowest BCUT2D eigenvalue weighted by molar-refractivity contribution is 1.19. The molecule has 0 bridgehead atoms. The molecule has 0 aromatic heterocycles. The molecule has 4 aromatic rings. The van der Waals surface area contributed by atoms with Gasteiger partial charge in [-0.25, -0.2) is 0 Å². The second kappa shape index (κ2) is 7.51. The van der Waals surface area contributed by atoms with Gasteiger partial charge in [0, 0.05) is 5.69 Å². The first-order valence-electron chi connectivity index (χ1n) is 9.28. The Bertz CT molecular complexity index is 923. The number of benzene rings is 4. The van der Waals surface area contributed by atoms with Crippen molar-refractivity contribution in [3.63, 3.8) is 0 Å². The van der Waals surface area contributed by atoms with E-state index >= 15 is 0 Å². The van der Waals surface area contributed by atoms with Gasteiger partial charge in [0.25, 0.3) is 0 Å². The summed E-state index contributed by atoms with van der Waals surface area (Å²) in [6.45, 7) is 2.12. The minimum absolute atomic E-state index is 0.796. The molecule has 1 nitrogen and oxygen atoms in total. The summed E-state index contributed by atoms with van der Waals surface area (Å²) in [5, 5.41) is 0. The Labute approximate surface area is 161 Å². The number of hydrogen-bond acceptors (Lipinski definition) is 1. The van der Waals surface area contributed by atoms with Crippen molar-refractivity contribution in [2.24, 2.45) is 0 Å². The normalized spacial score (nSPS) is 10.7. The van der Waals surface area contributed by atoms with E-state index in [-0.39, 0.29) is 0 Å². The summed E-state index contributed by atoms with van der Waals surface area (Å²) < 4.78 is 0. The Morgan fingerprint density at radius 1 is 0.481 bits per heavy atom. The van der Waals surface area contributed by atoms with Crippen LogP contribution in [0.25, 0.3) is 22.3 Å². The topological polar surface area (TPSA) is 26.0 Å². The second-order valence-electron chi connectivity index (χ2n) is 7.06. The highest BCUT2D eigenvalue weighted by Gasteiger charge is 2.02. The van der Waals surface area contributed by atoms with Crippen LogP contribution >= 0.6 is 0 Å². The zero-order valence-corrected chi connectivity index (χ0v) is 15.5. The maximum Gasteiger partial charge on any atom is 0.0314 e. The largest absolute Gasteiger partial charge is 0.399 e. The number of nitrogens with two attached hydrogens (primary N) is 1. The lowest BCUT2D eigenvalue weighted by Crippen LogP contribution is -1.89. The molecule has 0 unspecified atom stereocenters. The Kier molecular flexibility index (Phi) is 4.76. The SMILES string of the molecule is Cc1ccc(-c2ccc(Cc3ccc(-c4ccc(N)cc4)cc3)cc2)cc1. The number of nitrogen functional groups attached to an aromatic ring is 1. The van der Waals surface area contributed by atoms with Gasteiger partial charge in [-0.05, 0) is 58.9 Å². The van der Waals surface area contributed by atoms with Gasteiger partial charge in [-0.15, -0.1) is 0 Å². The quantitative estimate of drug-likeness (QED) is 0.418. The third-order valence-corrected chi connectivity index (χ3v) is 4.95. The fraction of sp³-hybridized carbons (Fsp3) is 0.0769. The Balaban J connectivity index is 1.47. The van der Waals surface area contributed by atoms with E-state index in [9.17, 15) is 0 Å². The van der Waals surface area contributed by atoms with Crippen LogP contribution in [0, 0.1) is 6.92 Å². The van der Waals surface area contributed by atoms with Gasteiger partial charge < -0.3 is 5.73 Å². The molecule has 4 rings (SSSR count). The molecule has 4 aromatic carbocycles. The molecule has 0 saturated carbocycles. The van der Waals surface area contributed by atoms with E-state index in [1.54, 1.807) is 0 Å². The van der Waals surface area contributed by atoms with Gasteiger partial charge in [-0.1, -0.05) is 90.5 Å². The summed E-state index contributed by atoms with van der Waals surface area (Å²) in [6, 6.07) is 34.3. The van der Waals surface area contributed by atoms with Gasteiger partial charge in [-0.3, -0.25) is 0 Å². The summed E-state index contributed by atoms with van der Waals surface area (Å²) >= 11 is 0. The maximum atomic E-state index is 5.77. The van der Waals surface area contributed by atoms with Crippen molar-refractivity contribution < 1.29 is 0 Å². The summed E-state index contributed by atoms with van der Waals surface area (Å²) in [5.74, 6) is 0. The molecule has 0 aliphatic rings. The van der Waals surface area contributed by atoms with Crippen LogP contribution in [0.15, 0.2) is 97.1 Å². The first kappa shape index (κ1) is 17.1. The van der Waals surface area contributed by atoms with E-state index in [2.05, 4.69) is 91.9 Å². The van der Waals surface area contributed by atoms with Gasteiger partial charge in [0.2, 0.25) is 0 Å². The Hall–Kier alpha value is -3.32. The lowest BCUT2D eigenvalue weighted by Gasteiger charge is -2.07. The molecule has 0 heterocycles. The molecule has 0 amide bonds. The Morgan fingerprint density at radius 3 is 1.22 bits per heavy atom. The molecule has 0 fully saturated rings. The van der Waals surface area contributed by atoms with Crippen LogP contribution in [0.2, 0.25) is 0 Å². The minimum Gasteiger partial charge on any atom is -0.399 e. The predicted molar refractivity (Wildman–Crippen MR) is 116 cm³/mol. The highest BCUT2D eigenvalue weighted by Crippen LogP contribution is 2.23. The van der Waals surface area contributed by atoms with Gasteiger partial charge in [-0.2, -0.15) is 0 Å². The number of rotatable bonds is 4. The fourth-order valence-corrected chi connectivity index (χ4v) is 3.29. The number of hydrogen-bond donors (Lipinski definition) is 1. The van der Waals surface area contributed by atoms with E-state index in [1.807, 2.05) is 12.1 Å². The molecule has 2 N–H and O–H groups in total. The van der Waals surface area contributed by atoms with Crippen molar-refractivity contribution in [1.29, 1.82) is 0 Å². The van der Waals surface area contributed by atoms with Gasteiger partial charge in [0.15, 0.2) is 0 Å². The van der Waals surface area contributed by atoms with Crippen molar-refractivity contribution in [2.45, 2.75) is 13.3 Å². The lowest BCUT2D eigenvalue weighted by atomic mass is 9.98. The van der Waals surface area contributed by atoms with E-state index in [1.165, 1.54) is 38.9 Å². The molecular formula is C26H23N. The molecule has 0 spiro atoms. The molecule has 27 heavy (non-hydrogen) atoms. The average Bonchev–Trinajstić information content (AvgIpc) is 2.71. The third-order valence-electron chi connectivity index (χ3n) is 4.95. The minimum atomic E-state index is 0.796. The van der Waals surface area contributed by atoms with Crippen molar-refractivity contribution >= 4 is 5.69 Å². The monoisotopic (exact) mass is 349 g/mol. The summed E-state index contributed by atoms with van der Waals surface area (Å²) in [7, 11) is 0. The Morgan fingerprint density at radius 2 is 0.815 bits per heavy atom. The molecule has 0 saturated heterocycles. The molecule has 132 valence electrons. The van der Waals surface area contributed by atoms with Crippen LogP contribution in [-0.4, -0.2) is 0 Å². The van der Waals surface area contributed by atoms with Gasteiger partial charge in [0.05, 0.1) is 0 Å². The zero-order chi connectivity index (χ0) is 18.6. The van der Waals surface area contributed by atoms with Crippen molar-refractivity contribution in [3.05, 3.63) is 114 Å². The van der Waals surface area contributed by atoms with Gasteiger partial charge >= 0.3 is 0 Å². The molecule has 0 radical (unpaired) electrons. The molecular weight excluding hydrogens is 326 g/mol. The second-order valence-corrected chi connectivity index (χ2v) is 7.06. The summed E-state index contributed by atoms with van der Waals surface area (Å²) in [4.78, 5) is 0. The van der Waals surface area contributed by atoms with Crippen LogP contribution in [0.3, 0.4) is 0 Å². The van der Waals surface area contributed by atoms with Crippen LogP contribution in [-0.2, 0) is 6.42 Å². The smallest absolute Gasteiger partial charge is 0.0314 e. The zero-order valence-electron chi connectivity index (χ0n) is 15.5. The fourth-order valence-electron chi connectivity index (χ4n) is 3.29. The van der Waals surface area contributed by atoms with Crippen molar-refractivity contribution in [1.82, 2.24) is 0 Å². The van der Waals surface area contributed by atoms with E-state index in [4.69, 9.17) is 5.73 Å². The van der Waals surface area contributed by atoms with Gasteiger partial charge in [0.1, 0.15) is 0 Å². The first-order chi connectivity index (χ1) is 13.2. The maximum absolute atomic E-state index is 5.77. The van der Waals surface area contributed by atoms with E-state index in [0.717, 1.165) is 12.1 Å².